The quantitative estimate of drug-likeness (QED) is 0.401. The Morgan fingerprint density at radius 3 is 2.89 bits per heavy atom. The van der Waals surface area contributed by atoms with E-state index in [1.807, 2.05) is 7.05 Å². The van der Waals surface area contributed by atoms with E-state index in [2.05, 4.69) is 10.2 Å². The second kappa shape index (κ2) is 7.80. The second-order valence-corrected chi connectivity index (χ2v) is 3.97. The van der Waals surface area contributed by atoms with Gasteiger partial charge in [-0.25, -0.2) is 0 Å². The molecule has 0 unspecified atom stereocenters. The summed E-state index contributed by atoms with van der Waals surface area (Å²) in [6.07, 6.45) is 0. The Hall–Kier alpha value is -1.44. The van der Waals surface area contributed by atoms with E-state index >= 15 is 0 Å². The summed E-state index contributed by atoms with van der Waals surface area (Å²) in [5, 5.41) is 13.6. The highest BCUT2D eigenvalue weighted by atomic mass is 16.6. The molecule has 7 nitrogen and oxygen atoms in total. The molecule has 1 aromatic heterocycles. The molecule has 0 saturated heterocycles. The number of methoxy groups -OCH3 is 1. The maximum Gasteiger partial charge on any atom is 0.433 e. The number of furan rings is 1. The van der Waals surface area contributed by atoms with E-state index in [0.29, 0.717) is 18.9 Å². The number of hydrogen-bond donors (Lipinski definition) is 1. The molecule has 1 heterocycles. The number of ether oxygens (including phenoxy) is 1. The molecule has 0 bridgehead atoms. The Balaban J connectivity index is 2.15. The Morgan fingerprint density at radius 1 is 1.50 bits per heavy atom. The van der Waals surface area contributed by atoms with Gasteiger partial charge in [-0.15, -0.1) is 0 Å². The van der Waals surface area contributed by atoms with Crippen LogP contribution < -0.4 is 5.32 Å². The lowest BCUT2D eigenvalue weighted by atomic mass is 10.4. The van der Waals surface area contributed by atoms with Crippen molar-refractivity contribution >= 4 is 5.88 Å². The first kappa shape index (κ1) is 14.6. The number of rotatable bonds is 9. The van der Waals surface area contributed by atoms with Crippen molar-refractivity contribution in [3.05, 3.63) is 28.0 Å². The minimum absolute atomic E-state index is 0.219. The Kier molecular flexibility index (Phi) is 6.34. The van der Waals surface area contributed by atoms with Crippen molar-refractivity contribution in [3.63, 3.8) is 0 Å². The fourth-order valence-electron chi connectivity index (χ4n) is 1.40. The van der Waals surface area contributed by atoms with Gasteiger partial charge in [0, 0.05) is 26.7 Å². The van der Waals surface area contributed by atoms with E-state index in [9.17, 15) is 10.1 Å². The minimum Gasteiger partial charge on any atom is -0.404 e. The topological polar surface area (TPSA) is 80.8 Å². The van der Waals surface area contributed by atoms with Crippen LogP contribution in [0, 0.1) is 10.1 Å². The maximum atomic E-state index is 10.4. The molecule has 0 aliphatic rings. The summed E-state index contributed by atoms with van der Waals surface area (Å²) in [6.45, 7) is 3.75. The molecule has 18 heavy (non-hydrogen) atoms. The largest absolute Gasteiger partial charge is 0.433 e. The lowest BCUT2D eigenvalue weighted by molar-refractivity contribution is -0.402. The van der Waals surface area contributed by atoms with Gasteiger partial charge in [-0.05, 0) is 13.1 Å². The number of hydrogen-bond acceptors (Lipinski definition) is 6. The molecular weight excluding hydrogens is 238 g/mol. The molecule has 0 atom stereocenters. The van der Waals surface area contributed by atoms with Gasteiger partial charge in [-0.2, -0.15) is 0 Å². The first-order valence-corrected chi connectivity index (χ1v) is 5.74. The van der Waals surface area contributed by atoms with Gasteiger partial charge in [-0.3, -0.25) is 10.1 Å². The van der Waals surface area contributed by atoms with Crippen molar-refractivity contribution in [3.8, 4) is 0 Å². The van der Waals surface area contributed by atoms with E-state index in [4.69, 9.17) is 9.15 Å². The van der Waals surface area contributed by atoms with Crippen molar-refractivity contribution in [2.24, 2.45) is 0 Å². The van der Waals surface area contributed by atoms with Crippen LogP contribution in [-0.4, -0.2) is 50.2 Å². The van der Waals surface area contributed by atoms with E-state index in [0.717, 1.165) is 19.6 Å². The Labute approximate surface area is 106 Å². The first-order chi connectivity index (χ1) is 8.63. The third-order valence-electron chi connectivity index (χ3n) is 2.47. The number of likely N-dealkylation sites (N-methyl/N-ethyl adjacent to an activating group) is 1. The summed E-state index contributed by atoms with van der Waals surface area (Å²) in [7, 11) is 3.69. The molecule has 102 valence electrons. The zero-order valence-corrected chi connectivity index (χ0v) is 10.7. The van der Waals surface area contributed by atoms with Gasteiger partial charge in [0.2, 0.25) is 0 Å². The van der Waals surface area contributed by atoms with Gasteiger partial charge in [0.15, 0.2) is 0 Å². The SMILES string of the molecule is COCCN(C)CCNCc1ccc([N+](=O)[O-])o1. The molecule has 0 aromatic carbocycles. The maximum absolute atomic E-state index is 10.4. The van der Waals surface area contributed by atoms with Crippen LogP contribution in [0.25, 0.3) is 0 Å². The van der Waals surface area contributed by atoms with Crippen LogP contribution in [0.5, 0.6) is 0 Å². The van der Waals surface area contributed by atoms with Gasteiger partial charge in [0.25, 0.3) is 0 Å². The molecule has 1 rings (SSSR count). The van der Waals surface area contributed by atoms with Crippen molar-refractivity contribution < 1.29 is 14.1 Å². The fraction of sp³-hybridized carbons (Fsp3) is 0.636. The molecule has 1 N–H and O–H groups in total. The van der Waals surface area contributed by atoms with Crippen molar-refractivity contribution in [2.75, 3.05) is 40.4 Å². The van der Waals surface area contributed by atoms with Crippen LogP contribution >= 0.6 is 0 Å². The highest BCUT2D eigenvalue weighted by molar-refractivity contribution is 5.17. The lowest BCUT2D eigenvalue weighted by Crippen LogP contribution is -2.31. The molecular formula is C11H19N3O4. The molecule has 0 spiro atoms. The molecule has 0 fully saturated rings. The summed E-state index contributed by atoms with van der Waals surface area (Å²) in [4.78, 5) is 12.0. The van der Waals surface area contributed by atoms with Gasteiger partial charge < -0.3 is 19.4 Å². The predicted octanol–water partition coefficient (Wildman–Crippen LogP) is 0.856. The third-order valence-corrected chi connectivity index (χ3v) is 2.47. The van der Waals surface area contributed by atoms with Gasteiger partial charge in [-0.1, -0.05) is 0 Å². The Bertz CT molecular complexity index is 367. The average Bonchev–Trinajstić information content (AvgIpc) is 2.81. The van der Waals surface area contributed by atoms with Crippen LogP contribution in [0.4, 0.5) is 5.88 Å². The second-order valence-electron chi connectivity index (χ2n) is 3.97. The molecule has 0 radical (unpaired) electrons. The van der Waals surface area contributed by atoms with Gasteiger partial charge in [0.1, 0.15) is 10.7 Å². The number of nitro groups is 1. The van der Waals surface area contributed by atoms with E-state index < -0.39 is 4.92 Å². The summed E-state index contributed by atoms with van der Waals surface area (Å²) in [5.41, 5.74) is 0. The van der Waals surface area contributed by atoms with E-state index in [1.54, 1.807) is 13.2 Å². The Morgan fingerprint density at radius 2 is 2.28 bits per heavy atom. The van der Waals surface area contributed by atoms with E-state index in [-0.39, 0.29) is 5.88 Å². The van der Waals surface area contributed by atoms with Gasteiger partial charge in [0.05, 0.1) is 19.2 Å². The molecule has 0 amide bonds. The zero-order chi connectivity index (χ0) is 13.4. The standard InChI is InChI=1S/C11H19N3O4/c1-13(7-8-17-2)6-5-12-9-10-3-4-11(18-10)14(15)16/h3-4,12H,5-9H2,1-2H3. The molecule has 0 saturated carbocycles. The van der Waals surface area contributed by atoms with Crippen LogP contribution in [0.1, 0.15) is 5.76 Å². The van der Waals surface area contributed by atoms with E-state index in [1.165, 1.54) is 6.07 Å². The highest BCUT2D eigenvalue weighted by Gasteiger charge is 2.11. The van der Waals surface area contributed by atoms with Crippen molar-refractivity contribution in [1.82, 2.24) is 10.2 Å². The van der Waals surface area contributed by atoms with Gasteiger partial charge >= 0.3 is 5.88 Å². The zero-order valence-electron chi connectivity index (χ0n) is 10.7. The summed E-state index contributed by atoms with van der Waals surface area (Å²) < 4.78 is 9.99. The van der Waals surface area contributed by atoms with Crippen molar-refractivity contribution in [1.29, 1.82) is 0 Å². The number of nitrogens with zero attached hydrogens (tertiary/aromatic N) is 2. The van der Waals surface area contributed by atoms with Crippen molar-refractivity contribution in [2.45, 2.75) is 6.54 Å². The predicted molar refractivity (Wildman–Crippen MR) is 66.4 cm³/mol. The highest BCUT2D eigenvalue weighted by Crippen LogP contribution is 2.14. The monoisotopic (exact) mass is 257 g/mol. The number of nitrogens with one attached hydrogen (secondary N) is 1. The summed E-state index contributed by atoms with van der Waals surface area (Å²) in [5.74, 6) is 0.352. The van der Waals surface area contributed by atoms with Crippen LogP contribution in [0.2, 0.25) is 0 Å². The molecule has 1 aromatic rings. The summed E-state index contributed by atoms with van der Waals surface area (Å²) in [6, 6.07) is 2.97. The van der Waals surface area contributed by atoms with Crippen LogP contribution in [0.15, 0.2) is 16.5 Å². The molecule has 0 aliphatic heterocycles. The first-order valence-electron chi connectivity index (χ1n) is 5.74. The van der Waals surface area contributed by atoms with Crippen LogP contribution in [0.3, 0.4) is 0 Å². The minimum atomic E-state index is -0.540. The molecule has 0 aliphatic carbocycles. The summed E-state index contributed by atoms with van der Waals surface area (Å²) >= 11 is 0. The average molecular weight is 257 g/mol. The third kappa shape index (κ3) is 5.26. The lowest BCUT2D eigenvalue weighted by Gasteiger charge is -2.15. The normalized spacial score (nSPS) is 11.1. The smallest absolute Gasteiger partial charge is 0.404 e. The fourth-order valence-corrected chi connectivity index (χ4v) is 1.40. The van der Waals surface area contributed by atoms with Crippen LogP contribution in [-0.2, 0) is 11.3 Å². The molecule has 7 heteroatoms.